The summed E-state index contributed by atoms with van der Waals surface area (Å²) in [5.74, 6) is 0.797. The van der Waals surface area contributed by atoms with Gasteiger partial charge in [-0.05, 0) is 31.6 Å². The Bertz CT molecular complexity index is 182. The van der Waals surface area contributed by atoms with Crippen LogP contribution in [-0.2, 0) is 4.79 Å². The van der Waals surface area contributed by atoms with Crippen LogP contribution in [0.4, 0.5) is 0 Å². The lowest BCUT2D eigenvalue weighted by Crippen LogP contribution is -2.35. The molecule has 14 heavy (non-hydrogen) atoms. The van der Waals surface area contributed by atoms with Gasteiger partial charge in [-0.25, -0.2) is 0 Å². The lowest BCUT2D eigenvalue weighted by molar-refractivity contribution is -0.121. The van der Waals surface area contributed by atoms with Crippen molar-refractivity contribution in [1.82, 2.24) is 5.32 Å². The first kappa shape index (κ1) is 11.5. The summed E-state index contributed by atoms with van der Waals surface area (Å²) in [7, 11) is 0. The molecule has 0 aromatic carbocycles. The predicted molar refractivity (Wildman–Crippen MR) is 57.9 cm³/mol. The van der Waals surface area contributed by atoms with Gasteiger partial charge in [0.05, 0.1) is 0 Å². The molecule has 0 bridgehead atoms. The minimum atomic E-state index is 0.187. The zero-order chi connectivity index (χ0) is 10.4. The fraction of sp³-hybridized carbons (Fsp3) is 0.909. The molecular weight excluding hydrogens is 176 g/mol. The molecule has 2 unspecified atom stereocenters. The lowest BCUT2D eigenvalue weighted by Gasteiger charge is -2.26. The highest BCUT2D eigenvalue weighted by atomic mass is 16.1. The quantitative estimate of drug-likeness (QED) is 0.718. The number of carbonyl (C=O) groups is 1. The largest absolute Gasteiger partial charge is 0.356 e. The highest BCUT2D eigenvalue weighted by Crippen LogP contribution is 2.22. The Morgan fingerprint density at radius 1 is 1.50 bits per heavy atom. The van der Waals surface area contributed by atoms with Crippen LogP contribution in [0.3, 0.4) is 0 Å². The van der Waals surface area contributed by atoms with Gasteiger partial charge < -0.3 is 11.1 Å². The number of rotatable bonds is 4. The number of hydrogen-bond acceptors (Lipinski definition) is 2. The van der Waals surface area contributed by atoms with Gasteiger partial charge in [-0.3, -0.25) is 4.79 Å². The van der Waals surface area contributed by atoms with Gasteiger partial charge in [0.25, 0.3) is 0 Å². The van der Waals surface area contributed by atoms with Crippen LogP contribution < -0.4 is 11.1 Å². The molecule has 1 amide bonds. The molecule has 0 heterocycles. The van der Waals surface area contributed by atoms with Gasteiger partial charge in [0, 0.05) is 19.0 Å². The van der Waals surface area contributed by atoms with Crippen molar-refractivity contribution in [2.75, 3.05) is 6.54 Å². The number of carbonyl (C=O) groups excluding carboxylic acids is 1. The molecule has 0 aliphatic heterocycles. The Morgan fingerprint density at radius 2 is 2.29 bits per heavy atom. The van der Waals surface area contributed by atoms with Crippen molar-refractivity contribution < 1.29 is 4.79 Å². The Hall–Kier alpha value is -0.570. The molecular formula is C11H22N2O. The van der Waals surface area contributed by atoms with Gasteiger partial charge in [0.2, 0.25) is 5.91 Å². The van der Waals surface area contributed by atoms with E-state index in [1.165, 1.54) is 12.8 Å². The van der Waals surface area contributed by atoms with Gasteiger partial charge in [0.1, 0.15) is 0 Å². The Morgan fingerprint density at radius 3 is 2.93 bits per heavy atom. The second kappa shape index (κ2) is 6.02. The van der Waals surface area contributed by atoms with Crippen molar-refractivity contribution in [2.24, 2.45) is 11.7 Å². The highest BCUT2D eigenvalue weighted by Gasteiger charge is 2.19. The number of nitrogens with two attached hydrogens (primary N) is 1. The maximum Gasteiger partial charge on any atom is 0.219 e. The highest BCUT2D eigenvalue weighted by molar-refractivity contribution is 5.75. The third-order valence-corrected chi connectivity index (χ3v) is 2.89. The molecule has 1 rings (SSSR count). The molecule has 0 saturated heterocycles. The first-order chi connectivity index (χ1) is 6.72. The van der Waals surface area contributed by atoms with Crippen molar-refractivity contribution in [3.05, 3.63) is 0 Å². The maximum absolute atomic E-state index is 11.2. The average Bonchev–Trinajstić information content (AvgIpc) is 2.15. The molecule has 1 aliphatic rings. The van der Waals surface area contributed by atoms with Crippen molar-refractivity contribution in [2.45, 2.75) is 51.5 Å². The molecule has 3 nitrogen and oxygen atoms in total. The summed E-state index contributed by atoms with van der Waals surface area (Å²) in [5.41, 5.74) is 5.88. The first-order valence-electron chi connectivity index (χ1n) is 5.74. The topological polar surface area (TPSA) is 55.1 Å². The van der Waals surface area contributed by atoms with E-state index in [1.54, 1.807) is 0 Å². The SMILES string of the molecule is CCCC(=O)NCC1CCCC(N)C1. The average molecular weight is 198 g/mol. The second-order valence-electron chi connectivity index (χ2n) is 4.35. The van der Waals surface area contributed by atoms with Crippen LogP contribution in [-0.4, -0.2) is 18.5 Å². The van der Waals surface area contributed by atoms with E-state index in [2.05, 4.69) is 5.32 Å². The molecule has 3 N–H and O–H groups in total. The van der Waals surface area contributed by atoms with Gasteiger partial charge in [-0.1, -0.05) is 13.3 Å². The third-order valence-electron chi connectivity index (χ3n) is 2.89. The van der Waals surface area contributed by atoms with E-state index in [9.17, 15) is 4.79 Å². The molecule has 1 aliphatic carbocycles. The van der Waals surface area contributed by atoms with E-state index in [1.807, 2.05) is 6.92 Å². The summed E-state index contributed by atoms with van der Waals surface area (Å²) in [6, 6.07) is 0.358. The normalized spacial score (nSPS) is 27.3. The van der Waals surface area contributed by atoms with Crippen LogP contribution >= 0.6 is 0 Å². The second-order valence-corrected chi connectivity index (χ2v) is 4.35. The van der Waals surface area contributed by atoms with E-state index >= 15 is 0 Å². The Labute approximate surface area is 86.4 Å². The van der Waals surface area contributed by atoms with Crippen LogP contribution in [0.2, 0.25) is 0 Å². The van der Waals surface area contributed by atoms with Crippen LogP contribution in [0.1, 0.15) is 45.4 Å². The number of nitrogens with one attached hydrogen (secondary N) is 1. The summed E-state index contributed by atoms with van der Waals surface area (Å²) in [5, 5.41) is 2.98. The maximum atomic E-state index is 11.2. The van der Waals surface area contributed by atoms with E-state index in [4.69, 9.17) is 5.73 Å². The van der Waals surface area contributed by atoms with Crippen LogP contribution in [0, 0.1) is 5.92 Å². The molecule has 1 saturated carbocycles. The summed E-state index contributed by atoms with van der Waals surface area (Å²) in [4.78, 5) is 11.2. The van der Waals surface area contributed by atoms with Crippen LogP contribution in [0.5, 0.6) is 0 Å². The van der Waals surface area contributed by atoms with E-state index in [0.29, 0.717) is 18.4 Å². The van der Waals surface area contributed by atoms with Crippen molar-refractivity contribution in [3.8, 4) is 0 Å². The Balaban J connectivity index is 2.14. The zero-order valence-corrected chi connectivity index (χ0v) is 9.09. The zero-order valence-electron chi connectivity index (χ0n) is 9.09. The summed E-state index contributed by atoms with van der Waals surface area (Å²) < 4.78 is 0. The fourth-order valence-corrected chi connectivity index (χ4v) is 2.09. The summed E-state index contributed by atoms with van der Waals surface area (Å²) in [6.45, 7) is 2.85. The number of hydrogen-bond donors (Lipinski definition) is 2. The molecule has 2 atom stereocenters. The lowest BCUT2D eigenvalue weighted by atomic mass is 9.86. The van der Waals surface area contributed by atoms with Gasteiger partial charge in [-0.15, -0.1) is 0 Å². The Kier molecular flexibility index (Phi) is 4.94. The van der Waals surface area contributed by atoms with Crippen molar-refractivity contribution in [3.63, 3.8) is 0 Å². The fourth-order valence-electron chi connectivity index (χ4n) is 2.09. The first-order valence-corrected chi connectivity index (χ1v) is 5.74. The van der Waals surface area contributed by atoms with Crippen molar-refractivity contribution >= 4 is 5.91 Å². The standard InChI is InChI=1S/C11H22N2O/c1-2-4-11(14)13-8-9-5-3-6-10(12)7-9/h9-10H,2-8,12H2,1H3,(H,13,14). The summed E-state index contributed by atoms with van der Waals surface area (Å²) >= 11 is 0. The molecule has 82 valence electrons. The van der Waals surface area contributed by atoms with E-state index in [-0.39, 0.29) is 5.91 Å². The third kappa shape index (κ3) is 4.09. The molecule has 0 spiro atoms. The van der Waals surface area contributed by atoms with Gasteiger partial charge >= 0.3 is 0 Å². The summed E-state index contributed by atoms with van der Waals surface area (Å²) in [6.07, 6.45) is 6.25. The van der Waals surface area contributed by atoms with E-state index < -0.39 is 0 Å². The van der Waals surface area contributed by atoms with Gasteiger partial charge in [0.15, 0.2) is 0 Å². The molecule has 0 radical (unpaired) electrons. The van der Waals surface area contributed by atoms with Crippen LogP contribution in [0.25, 0.3) is 0 Å². The van der Waals surface area contributed by atoms with E-state index in [0.717, 1.165) is 25.8 Å². The minimum absolute atomic E-state index is 0.187. The monoisotopic (exact) mass is 198 g/mol. The van der Waals surface area contributed by atoms with Crippen molar-refractivity contribution in [1.29, 1.82) is 0 Å². The predicted octanol–water partition coefficient (Wildman–Crippen LogP) is 1.42. The molecule has 0 aromatic rings. The molecule has 1 fully saturated rings. The smallest absolute Gasteiger partial charge is 0.219 e. The molecule has 0 aromatic heterocycles. The number of amides is 1. The molecule has 3 heteroatoms. The minimum Gasteiger partial charge on any atom is -0.356 e. The van der Waals surface area contributed by atoms with Gasteiger partial charge in [-0.2, -0.15) is 0 Å². The van der Waals surface area contributed by atoms with Crippen LogP contribution in [0.15, 0.2) is 0 Å².